The van der Waals surface area contributed by atoms with E-state index in [1.165, 1.54) is 18.5 Å². The van der Waals surface area contributed by atoms with Gasteiger partial charge in [0, 0.05) is 43.5 Å². The van der Waals surface area contributed by atoms with Crippen LogP contribution in [0.2, 0.25) is 0 Å². The molecule has 5 nitrogen and oxygen atoms in total. The second-order valence-corrected chi connectivity index (χ2v) is 7.62. The molecule has 2 aromatic heterocycles. The van der Waals surface area contributed by atoms with Crippen LogP contribution in [0.1, 0.15) is 55.1 Å². The Balaban J connectivity index is 1.80. The maximum atomic E-state index is 13.8. The van der Waals surface area contributed by atoms with E-state index >= 15 is 0 Å². The fourth-order valence-electron chi connectivity index (χ4n) is 3.57. The van der Waals surface area contributed by atoms with Gasteiger partial charge in [0.2, 0.25) is 0 Å². The Labute approximate surface area is 170 Å². The van der Waals surface area contributed by atoms with Crippen LogP contribution in [-0.4, -0.2) is 32.2 Å². The predicted octanol–water partition coefficient (Wildman–Crippen LogP) is 4.50. The van der Waals surface area contributed by atoms with Gasteiger partial charge in [-0.3, -0.25) is 4.98 Å². The smallest absolute Gasteiger partial charge is 0.393 e. The van der Waals surface area contributed by atoms with Crippen molar-refractivity contribution >= 4 is 5.82 Å². The number of hydrogen-bond donors (Lipinski definition) is 2. The van der Waals surface area contributed by atoms with Crippen molar-refractivity contribution in [2.45, 2.75) is 69.7 Å². The third kappa shape index (κ3) is 5.62. The van der Waals surface area contributed by atoms with Gasteiger partial charge in [-0.25, -0.2) is 18.7 Å². The molecule has 1 fully saturated rings. The molecule has 1 aliphatic carbocycles. The van der Waals surface area contributed by atoms with E-state index < -0.39 is 23.8 Å². The van der Waals surface area contributed by atoms with Gasteiger partial charge in [0.25, 0.3) is 5.92 Å². The molecule has 0 unspecified atom stereocenters. The predicted molar refractivity (Wildman–Crippen MR) is 100 cm³/mol. The molecule has 0 amide bonds. The molecular weight excluding hydrogens is 407 g/mol. The van der Waals surface area contributed by atoms with E-state index in [-0.39, 0.29) is 36.1 Å². The van der Waals surface area contributed by atoms with E-state index in [2.05, 4.69) is 20.3 Å². The van der Waals surface area contributed by atoms with Crippen LogP contribution in [-0.2, 0) is 24.9 Å². The molecule has 1 saturated carbocycles. The number of alkyl halides is 5. The van der Waals surface area contributed by atoms with Crippen LogP contribution < -0.4 is 5.32 Å². The first kappa shape index (κ1) is 22.3. The maximum absolute atomic E-state index is 13.8. The van der Waals surface area contributed by atoms with Crippen LogP contribution in [0.5, 0.6) is 0 Å². The first-order chi connectivity index (χ1) is 14.0. The van der Waals surface area contributed by atoms with E-state index in [1.54, 1.807) is 0 Å². The molecule has 0 aromatic carbocycles. The second-order valence-electron chi connectivity index (χ2n) is 7.62. The van der Waals surface area contributed by atoms with Crippen LogP contribution in [0.4, 0.5) is 27.8 Å². The highest BCUT2D eigenvalue weighted by molar-refractivity contribution is 5.46. The van der Waals surface area contributed by atoms with Gasteiger partial charge in [0.15, 0.2) is 0 Å². The van der Waals surface area contributed by atoms with Crippen molar-refractivity contribution in [3.8, 4) is 0 Å². The lowest BCUT2D eigenvalue weighted by Gasteiger charge is -2.27. The fourth-order valence-corrected chi connectivity index (χ4v) is 3.57. The number of rotatable bonds is 6. The Bertz CT molecular complexity index is 861. The molecule has 0 aliphatic heterocycles. The SMILES string of the molecule is CC(F)(F)c1ccncc1CCc1ncc(C(F)(F)F)c(NC2CCC(O)CC2)n1. The van der Waals surface area contributed by atoms with Crippen LogP contribution in [0, 0.1) is 0 Å². The van der Waals surface area contributed by atoms with E-state index in [0.29, 0.717) is 31.2 Å². The summed E-state index contributed by atoms with van der Waals surface area (Å²) >= 11 is 0. The van der Waals surface area contributed by atoms with Crippen molar-refractivity contribution in [2.24, 2.45) is 0 Å². The summed E-state index contributed by atoms with van der Waals surface area (Å²) in [7, 11) is 0. The average Bonchev–Trinajstić information content (AvgIpc) is 2.67. The molecule has 2 heterocycles. The number of anilines is 1. The van der Waals surface area contributed by atoms with Crippen molar-refractivity contribution in [1.82, 2.24) is 15.0 Å². The number of aliphatic hydroxyl groups is 1. The number of nitrogens with one attached hydrogen (secondary N) is 1. The average molecular weight is 430 g/mol. The van der Waals surface area contributed by atoms with Gasteiger partial charge in [0.05, 0.1) is 6.10 Å². The van der Waals surface area contributed by atoms with Gasteiger partial charge < -0.3 is 10.4 Å². The minimum Gasteiger partial charge on any atom is -0.393 e. The molecule has 0 radical (unpaired) electrons. The molecule has 0 saturated heterocycles. The zero-order chi connectivity index (χ0) is 21.9. The lowest BCUT2D eigenvalue weighted by molar-refractivity contribution is -0.137. The summed E-state index contributed by atoms with van der Waals surface area (Å²) in [6.45, 7) is 0.781. The molecule has 3 rings (SSSR count). The molecule has 0 spiro atoms. The first-order valence-electron chi connectivity index (χ1n) is 9.73. The second kappa shape index (κ2) is 8.79. The number of nitrogens with zero attached hydrogens (tertiary/aromatic N) is 3. The zero-order valence-electron chi connectivity index (χ0n) is 16.4. The minimum absolute atomic E-state index is 0.0883. The van der Waals surface area contributed by atoms with Crippen LogP contribution >= 0.6 is 0 Å². The Morgan fingerprint density at radius 3 is 2.37 bits per heavy atom. The lowest BCUT2D eigenvalue weighted by atomic mass is 9.93. The van der Waals surface area contributed by atoms with Crippen molar-refractivity contribution in [3.63, 3.8) is 0 Å². The van der Waals surface area contributed by atoms with Crippen molar-refractivity contribution in [2.75, 3.05) is 5.32 Å². The molecule has 10 heteroatoms. The molecule has 30 heavy (non-hydrogen) atoms. The Morgan fingerprint density at radius 2 is 1.73 bits per heavy atom. The summed E-state index contributed by atoms with van der Waals surface area (Å²) in [5, 5.41) is 12.4. The molecular formula is C20H23F5N4O. The van der Waals surface area contributed by atoms with Gasteiger partial charge in [-0.2, -0.15) is 13.2 Å². The Hall–Kier alpha value is -2.36. The maximum Gasteiger partial charge on any atom is 0.421 e. The summed E-state index contributed by atoms with van der Waals surface area (Å²) in [6.07, 6.45) is 0.533. The number of pyridine rings is 1. The summed E-state index contributed by atoms with van der Waals surface area (Å²) in [5.41, 5.74) is -0.854. The molecule has 2 aromatic rings. The summed E-state index contributed by atoms with van der Waals surface area (Å²) in [6, 6.07) is 0.994. The Morgan fingerprint density at radius 1 is 1.03 bits per heavy atom. The molecule has 0 atom stereocenters. The Kier molecular flexibility index (Phi) is 6.54. The molecule has 0 bridgehead atoms. The fraction of sp³-hybridized carbons (Fsp3) is 0.550. The van der Waals surface area contributed by atoms with Crippen LogP contribution in [0.3, 0.4) is 0 Å². The lowest BCUT2D eigenvalue weighted by Crippen LogP contribution is -2.30. The van der Waals surface area contributed by atoms with Crippen molar-refractivity contribution in [3.05, 3.63) is 47.2 Å². The number of hydrogen-bond acceptors (Lipinski definition) is 5. The quantitative estimate of drug-likeness (QED) is 0.661. The summed E-state index contributed by atoms with van der Waals surface area (Å²) in [4.78, 5) is 11.7. The zero-order valence-corrected chi connectivity index (χ0v) is 16.4. The van der Waals surface area contributed by atoms with E-state index in [9.17, 15) is 27.1 Å². The molecule has 1 aliphatic rings. The largest absolute Gasteiger partial charge is 0.421 e. The van der Waals surface area contributed by atoms with Gasteiger partial charge in [-0.1, -0.05) is 0 Å². The number of halogens is 5. The number of aromatic nitrogens is 3. The van der Waals surface area contributed by atoms with Crippen LogP contribution in [0.25, 0.3) is 0 Å². The van der Waals surface area contributed by atoms with Gasteiger partial charge in [0.1, 0.15) is 17.2 Å². The topological polar surface area (TPSA) is 70.9 Å². The van der Waals surface area contributed by atoms with Crippen LogP contribution in [0.15, 0.2) is 24.7 Å². The highest BCUT2D eigenvalue weighted by Gasteiger charge is 2.36. The standard InChI is InChI=1S/C20H23F5N4O/c1-19(21,22)15-8-9-26-10-12(15)2-7-17-27-11-16(20(23,24)25)18(29-17)28-13-3-5-14(30)6-4-13/h8-11,13-14,30H,2-7H2,1H3,(H,27,28,29). The van der Waals surface area contributed by atoms with E-state index in [1.807, 2.05) is 0 Å². The van der Waals surface area contributed by atoms with E-state index in [4.69, 9.17) is 0 Å². The number of aryl methyl sites for hydroxylation is 2. The van der Waals surface area contributed by atoms with Gasteiger partial charge >= 0.3 is 6.18 Å². The molecule has 2 N–H and O–H groups in total. The van der Waals surface area contributed by atoms with Gasteiger partial charge in [-0.05, 0) is 43.7 Å². The first-order valence-corrected chi connectivity index (χ1v) is 9.73. The third-order valence-electron chi connectivity index (χ3n) is 5.18. The van der Waals surface area contributed by atoms with Gasteiger partial charge in [-0.15, -0.1) is 0 Å². The number of aliphatic hydroxyl groups excluding tert-OH is 1. The monoisotopic (exact) mass is 430 g/mol. The van der Waals surface area contributed by atoms with Crippen molar-refractivity contribution in [1.29, 1.82) is 0 Å². The minimum atomic E-state index is -4.63. The summed E-state index contributed by atoms with van der Waals surface area (Å²) in [5.74, 6) is -3.26. The van der Waals surface area contributed by atoms with E-state index in [0.717, 1.165) is 13.1 Å². The highest BCUT2D eigenvalue weighted by Crippen LogP contribution is 2.35. The highest BCUT2D eigenvalue weighted by atomic mass is 19.4. The third-order valence-corrected chi connectivity index (χ3v) is 5.18. The normalized spacial score (nSPS) is 20.2. The molecule has 164 valence electrons. The van der Waals surface area contributed by atoms with Crippen molar-refractivity contribution < 1.29 is 27.1 Å². The summed E-state index contributed by atoms with van der Waals surface area (Å²) < 4.78 is 67.7.